The summed E-state index contributed by atoms with van der Waals surface area (Å²) in [5, 5.41) is 20.3. The molecular weight excluding hydrogens is 322 g/mol. The van der Waals surface area contributed by atoms with Gasteiger partial charge in [-0.05, 0) is 25.0 Å². The normalized spacial score (nSPS) is 12.2. The molecule has 0 bridgehead atoms. The number of benzene rings is 1. The molecule has 0 unspecified atom stereocenters. The van der Waals surface area contributed by atoms with Gasteiger partial charge in [0.1, 0.15) is 10.8 Å². The van der Waals surface area contributed by atoms with Crippen LogP contribution in [0.25, 0.3) is 0 Å². The summed E-state index contributed by atoms with van der Waals surface area (Å²) in [6, 6.07) is 3.45. The molecule has 0 saturated carbocycles. The molecule has 0 fully saturated rings. The predicted molar refractivity (Wildman–Crippen MR) is 84.3 cm³/mol. The second-order valence-corrected chi connectivity index (χ2v) is 5.80. The van der Waals surface area contributed by atoms with Crippen LogP contribution in [0.3, 0.4) is 0 Å². The fraction of sp³-hybridized carbons (Fsp3) is 0.357. The van der Waals surface area contributed by atoms with Crippen molar-refractivity contribution in [3.05, 3.63) is 50.5 Å². The molecule has 1 amide bonds. The lowest BCUT2D eigenvalue weighted by atomic mass is 10.0. The number of aromatic nitrogens is 3. The van der Waals surface area contributed by atoms with Gasteiger partial charge in [-0.25, -0.2) is 4.98 Å². The highest BCUT2D eigenvalue weighted by Gasteiger charge is 2.24. The SMILES string of the molecule is Cc1nc([C@@H](NC(=O)c2ccc([N+](=O)[O-])c(Cl)c2)C(C)C)n[nH]1. The van der Waals surface area contributed by atoms with Gasteiger partial charge in [-0.15, -0.1) is 0 Å². The van der Waals surface area contributed by atoms with Crippen LogP contribution in [-0.2, 0) is 0 Å². The monoisotopic (exact) mass is 337 g/mol. The summed E-state index contributed by atoms with van der Waals surface area (Å²) in [5.74, 6) is 0.794. The van der Waals surface area contributed by atoms with Gasteiger partial charge in [-0.1, -0.05) is 25.4 Å². The highest BCUT2D eigenvalue weighted by molar-refractivity contribution is 6.33. The van der Waals surface area contributed by atoms with Gasteiger partial charge in [0, 0.05) is 11.6 Å². The molecule has 1 atom stereocenters. The van der Waals surface area contributed by atoms with E-state index in [9.17, 15) is 14.9 Å². The number of rotatable bonds is 5. The average Bonchev–Trinajstić information content (AvgIpc) is 2.89. The Kier molecular flexibility index (Phi) is 4.95. The molecule has 122 valence electrons. The Morgan fingerprint density at radius 1 is 1.43 bits per heavy atom. The van der Waals surface area contributed by atoms with E-state index in [1.54, 1.807) is 6.92 Å². The Bertz CT molecular complexity index is 744. The molecule has 2 N–H and O–H groups in total. The van der Waals surface area contributed by atoms with E-state index in [4.69, 9.17) is 11.6 Å². The fourth-order valence-corrected chi connectivity index (χ4v) is 2.30. The molecule has 0 saturated heterocycles. The first-order valence-corrected chi connectivity index (χ1v) is 7.31. The van der Waals surface area contributed by atoms with Gasteiger partial charge in [0.2, 0.25) is 0 Å². The topological polar surface area (TPSA) is 114 Å². The number of amides is 1. The minimum Gasteiger partial charge on any atom is -0.342 e. The molecule has 2 rings (SSSR count). The van der Waals surface area contributed by atoms with Crippen LogP contribution in [0.1, 0.15) is 41.9 Å². The second kappa shape index (κ2) is 6.74. The first-order valence-electron chi connectivity index (χ1n) is 6.93. The third kappa shape index (κ3) is 3.84. The molecule has 1 heterocycles. The molecule has 0 radical (unpaired) electrons. The number of carbonyl (C=O) groups excluding carboxylic acids is 1. The van der Waals surface area contributed by atoms with Crippen LogP contribution in [0.2, 0.25) is 5.02 Å². The van der Waals surface area contributed by atoms with Crippen LogP contribution >= 0.6 is 11.6 Å². The third-order valence-electron chi connectivity index (χ3n) is 3.25. The summed E-state index contributed by atoms with van der Waals surface area (Å²) in [6.07, 6.45) is 0. The van der Waals surface area contributed by atoms with Crippen molar-refractivity contribution < 1.29 is 9.72 Å². The van der Waals surface area contributed by atoms with Crippen molar-refractivity contribution in [2.24, 2.45) is 5.92 Å². The molecule has 2 aromatic rings. The zero-order chi connectivity index (χ0) is 17.1. The number of nitro groups is 1. The average molecular weight is 338 g/mol. The van der Waals surface area contributed by atoms with E-state index < -0.39 is 10.8 Å². The van der Waals surface area contributed by atoms with Crippen molar-refractivity contribution in [3.63, 3.8) is 0 Å². The minimum atomic E-state index is -0.600. The van der Waals surface area contributed by atoms with Crippen LogP contribution < -0.4 is 5.32 Å². The van der Waals surface area contributed by atoms with E-state index in [-0.39, 0.29) is 28.2 Å². The van der Waals surface area contributed by atoms with Crippen LogP contribution in [0.15, 0.2) is 18.2 Å². The first-order chi connectivity index (χ1) is 10.8. The molecule has 9 heteroatoms. The van der Waals surface area contributed by atoms with Gasteiger partial charge in [0.25, 0.3) is 11.6 Å². The van der Waals surface area contributed by atoms with Gasteiger partial charge in [-0.2, -0.15) is 5.10 Å². The van der Waals surface area contributed by atoms with Crippen molar-refractivity contribution >= 4 is 23.2 Å². The van der Waals surface area contributed by atoms with E-state index >= 15 is 0 Å². The van der Waals surface area contributed by atoms with Crippen molar-refractivity contribution in [1.82, 2.24) is 20.5 Å². The van der Waals surface area contributed by atoms with Crippen molar-refractivity contribution in [1.29, 1.82) is 0 Å². The smallest absolute Gasteiger partial charge is 0.287 e. The van der Waals surface area contributed by atoms with Gasteiger partial charge in [-0.3, -0.25) is 20.0 Å². The zero-order valence-corrected chi connectivity index (χ0v) is 13.6. The Morgan fingerprint density at radius 3 is 2.61 bits per heavy atom. The van der Waals surface area contributed by atoms with Gasteiger partial charge >= 0.3 is 0 Å². The number of hydrogen-bond donors (Lipinski definition) is 2. The van der Waals surface area contributed by atoms with Gasteiger partial charge in [0.05, 0.1) is 11.0 Å². The van der Waals surface area contributed by atoms with E-state index in [1.807, 2.05) is 13.8 Å². The summed E-state index contributed by atoms with van der Waals surface area (Å²) in [7, 11) is 0. The molecule has 8 nitrogen and oxygen atoms in total. The van der Waals surface area contributed by atoms with Crippen molar-refractivity contribution in [2.45, 2.75) is 26.8 Å². The van der Waals surface area contributed by atoms with Crippen LogP contribution in [-0.4, -0.2) is 26.0 Å². The van der Waals surface area contributed by atoms with Crippen molar-refractivity contribution in [3.8, 4) is 0 Å². The third-order valence-corrected chi connectivity index (χ3v) is 3.56. The molecule has 0 aliphatic carbocycles. The lowest BCUT2D eigenvalue weighted by molar-refractivity contribution is -0.384. The molecule has 0 aliphatic heterocycles. The maximum Gasteiger partial charge on any atom is 0.287 e. The highest BCUT2D eigenvalue weighted by atomic mass is 35.5. The number of halogens is 1. The maximum absolute atomic E-state index is 12.4. The summed E-state index contributed by atoms with van der Waals surface area (Å²) in [5.41, 5.74) is -0.00766. The molecular formula is C14H16ClN5O3. The van der Waals surface area contributed by atoms with Crippen LogP contribution in [0, 0.1) is 23.0 Å². The second-order valence-electron chi connectivity index (χ2n) is 5.40. The van der Waals surface area contributed by atoms with Crippen LogP contribution in [0.5, 0.6) is 0 Å². The Morgan fingerprint density at radius 2 is 2.13 bits per heavy atom. The molecule has 1 aromatic carbocycles. The van der Waals surface area contributed by atoms with E-state index in [2.05, 4.69) is 20.5 Å². The quantitative estimate of drug-likeness (QED) is 0.643. The summed E-state index contributed by atoms with van der Waals surface area (Å²) in [4.78, 5) is 26.8. The number of nitrogens with one attached hydrogen (secondary N) is 2. The number of nitro benzene ring substituents is 1. The van der Waals surface area contributed by atoms with Crippen molar-refractivity contribution in [2.75, 3.05) is 0 Å². The number of aromatic amines is 1. The standard InChI is InChI=1S/C14H16ClN5O3/c1-7(2)12(13-16-8(3)18-19-13)17-14(21)9-4-5-11(20(22)23)10(15)6-9/h4-7,12H,1-3H3,(H,17,21)(H,16,18,19)/t12-/m0/s1. The lowest BCUT2D eigenvalue weighted by Gasteiger charge is -2.19. The van der Waals surface area contributed by atoms with E-state index in [0.29, 0.717) is 11.6 Å². The number of H-pyrrole nitrogens is 1. The Labute approximate surface area is 137 Å². The van der Waals surface area contributed by atoms with E-state index in [1.165, 1.54) is 18.2 Å². The number of carbonyl (C=O) groups is 1. The van der Waals surface area contributed by atoms with Gasteiger partial charge in [0.15, 0.2) is 5.82 Å². The summed E-state index contributed by atoms with van der Waals surface area (Å²) in [6.45, 7) is 5.63. The fourth-order valence-electron chi connectivity index (χ4n) is 2.05. The molecule has 0 aliphatic rings. The molecule has 1 aromatic heterocycles. The molecule has 0 spiro atoms. The Hall–Kier alpha value is -2.48. The minimum absolute atomic E-state index is 0.0580. The number of aryl methyl sites for hydroxylation is 1. The van der Waals surface area contributed by atoms with Crippen LogP contribution in [0.4, 0.5) is 5.69 Å². The highest BCUT2D eigenvalue weighted by Crippen LogP contribution is 2.26. The predicted octanol–water partition coefficient (Wildman–Crippen LogP) is 2.80. The summed E-state index contributed by atoms with van der Waals surface area (Å²) < 4.78 is 0. The Balaban J connectivity index is 2.22. The maximum atomic E-state index is 12.4. The number of hydrogen-bond acceptors (Lipinski definition) is 5. The van der Waals surface area contributed by atoms with E-state index in [0.717, 1.165) is 0 Å². The lowest BCUT2D eigenvalue weighted by Crippen LogP contribution is -2.32. The molecule has 23 heavy (non-hydrogen) atoms. The summed E-state index contributed by atoms with van der Waals surface area (Å²) >= 11 is 5.84. The largest absolute Gasteiger partial charge is 0.342 e. The van der Waals surface area contributed by atoms with Gasteiger partial charge < -0.3 is 5.32 Å². The number of nitrogens with zero attached hydrogens (tertiary/aromatic N) is 3. The zero-order valence-electron chi connectivity index (χ0n) is 12.8. The first kappa shape index (κ1) is 16.9.